The second kappa shape index (κ2) is 10.5. The van der Waals surface area contributed by atoms with E-state index in [0.717, 1.165) is 55.6 Å². The molecule has 8 heteroatoms. The van der Waals surface area contributed by atoms with Crippen LogP contribution in [0.1, 0.15) is 21.5 Å². The molecule has 0 radical (unpaired) electrons. The van der Waals surface area contributed by atoms with E-state index < -0.39 is 0 Å². The Labute approximate surface area is 188 Å². The Morgan fingerprint density at radius 3 is 2.74 bits per heavy atom. The standard InChI is InChI=1S/C23H30N4O3S/c1-31-22-20(3-2-6-24-22)23(29)27-12-14-30-21-5-4-18(15-19(21)17-27)16-26-9-7-25(8-10-26)11-13-28/h2-6,15,28H,7-14,16-17H2,1H3. The van der Waals surface area contributed by atoms with E-state index in [4.69, 9.17) is 9.84 Å². The van der Waals surface area contributed by atoms with Gasteiger partial charge in [0.1, 0.15) is 17.4 Å². The fourth-order valence-corrected chi connectivity index (χ4v) is 4.72. The summed E-state index contributed by atoms with van der Waals surface area (Å²) in [4.78, 5) is 24.2. The van der Waals surface area contributed by atoms with Crippen molar-refractivity contribution in [3.05, 3.63) is 53.2 Å². The van der Waals surface area contributed by atoms with Crippen molar-refractivity contribution in [2.45, 2.75) is 18.1 Å². The van der Waals surface area contributed by atoms with E-state index in [1.165, 1.54) is 17.3 Å². The fourth-order valence-electron chi connectivity index (χ4n) is 4.18. The van der Waals surface area contributed by atoms with Gasteiger partial charge in [-0.1, -0.05) is 6.07 Å². The molecule has 166 valence electrons. The third-order valence-corrected chi connectivity index (χ3v) is 6.59. The lowest BCUT2D eigenvalue weighted by atomic mass is 10.1. The fraction of sp³-hybridized carbons (Fsp3) is 0.478. The Bertz CT molecular complexity index is 902. The third-order valence-electron chi connectivity index (χ3n) is 5.87. The Kier molecular flexibility index (Phi) is 7.45. The van der Waals surface area contributed by atoms with Crippen LogP contribution < -0.4 is 4.74 Å². The predicted molar refractivity (Wildman–Crippen MR) is 121 cm³/mol. The summed E-state index contributed by atoms with van der Waals surface area (Å²) < 4.78 is 5.95. The number of fused-ring (bicyclic) bond motifs is 1. The molecule has 1 fully saturated rings. The van der Waals surface area contributed by atoms with Crippen LogP contribution in [0.3, 0.4) is 0 Å². The first-order valence-electron chi connectivity index (χ1n) is 10.8. The highest BCUT2D eigenvalue weighted by Gasteiger charge is 2.24. The first-order valence-corrected chi connectivity index (χ1v) is 12.0. The average molecular weight is 443 g/mol. The van der Waals surface area contributed by atoms with Gasteiger partial charge >= 0.3 is 0 Å². The topological polar surface area (TPSA) is 69.1 Å². The summed E-state index contributed by atoms with van der Waals surface area (Å²) in [5.41, 5.74) is 2.94. The largest absolute Gasteiger partial charge is 0.491 e. The van der Waals surface area contributed by atoms with Crippen molar-refractivity contribution in [1.82, 2.24) is 19.7 Å². The molecule has 0 atom stereocenters. The lowest BCUT2D eigenvalue weighted by Crippen LogP contribution is -2.46. The summed E-state index contributed by atoms with van der Waals surface area (Å²) in [6.07, 6.45) is 3.66. The number of rotatable bonds is 6. The van der Waals surface area contributed by atoms with Gasteiger partial charge in [-0.15, -0.1) is 11.8 Å². The van der Waals surface area contributed by atoms with Crippen molar-refractivity contribution in [2.75, 3.05) is 58.7 Å². The number of benzene rings is 1. The first kappa shape index (κ1) is 22.1. The van der Waals surface area contributed by atoms with Gasteiger partial charge in [-0.05, 0) is 36.1 Å². The van der Waals surface area contributed by atoms with E-state index >= 15 is 0 Å². The highest BCUT2D eigenvalue weighted by Crippen LogP contribution is 2.27. The van der Waals surface area contributed by atoms with E-state index in [1.807, 2.05) is 29.4 Å². The van der Waals surface area contributed by atoms with Gasteiger partial charge in [-0.3, -0.25) is 14.6 Å². The van der Waals surface area contributed by atoms with E-state index in [9.17, 15) is 4.79 Å². The number of amides is 1. The first-order chi connectivity index (χ1) is 15.2. The Morgan fingerprint density at radius 1 is 1.16 bits per heavy atom. The van der Waals surface area contributed by atoms with Crippen LogP contribution in [0, 0.1) is 0 Å². The number of thioether (sulfide) groups is 1. The number of ether oxygens (including phenoxy) is 1. The summed E-state index contributed by atoms with van der Waals surface area (Å²) in [6, 6.07) is 10.0. The number of aliphatic hydroxyl groups excluding tert-OH is 1. The molecule has 1 saturated heterocycles. The molecule has 0 unspecified atom stereocenters. The Balaban J connectivity index is 1.45. The minimum Gasteiger partial charge on any atom is -0.491 e. The van der Waals surface area contributed by atoms with Crippen molar-refractivity contribution in [3.8, 4) is 5.75 Å². The van der Waals surface area contributed by atoms with Gasteiger partial charge in [0.25, 0.3) is 5.91 Å². The number of aromatic nitrogens is 1. The quantitative estimate of drug-likeness (QED) is 0.686. The molecule has 1 aromatic heterocycles. The molecule has 0 aliphatic carbocycles. The van der Waals surface area contributed by atoms with E-state index in [0.29, 0.717) is 25.3 Å². The number of hydrogen-bond donors (Lipinski definition) is 1. The third kappa shape index (κ3) is 5.38. The van der Waals surface area contributed by atoms with Crippen LogP contribution >= 0.6 is 11.8 Å². The molecule has 2 aliphatic rings. The molecule has 0 spiro atoms. The van der Waals surface area contributed by atoms with Crippen LogP contribution in [0.4, 0.5) is 0 Å². The Morgan fingerprint density at radius 2 is 1.97 bits per heavy atom. The lowest BCUT2D eigenvalue weighted by molar-refractivity contribution is 0.0729. The van der Waals surface area contributed by atoms with E-state index in [-0.39, 0.29) is 12.5 Å². The molecule has 4 rings (SSSR count). The summed E-state index contributed by atoms with van der Waals surface area (Å²) in [7, 11) is 0. The number of nitrogens with zero attached hydrogens (tertiary/aromatic N) is 4. The van der Waals surface area contributed by atoms with Crippen molar-refractivity contribution < 1.29 is 14.6 Å². The normalized spacial score (nSPS) is 17.7. The highest BCUT2D eigenvalue weighted by atomic mass is 32.2. The molecular formula is C23H30N4O3S. The van der Waals surface area contributed by atoms with Crippen LogP contribution in [0.25, 0.3) is 0 Å². The van der Waals surface area contributed by atoms with Crippen LogP contribution in [-0.4, -0.2) is 89.4 Å². The smallest absolute Gasteiger partial charge is 0.257 e. The number of pyridine rings is 1. The van der Waals surface area contributed by atoms with Crippen LogP contribution in [0.2, 0.25) is 0 Å². The maximum absolute atomic E-state index is 13.2. The lowest BCUT2D eigenvalue weighted by Gasteiger charge is -2.34. The van der Waals surface area contributed by atoms with Gasteiger partial charge in [0.2, 0.25) is 0 Å². The molecule has 1 N–H and O–H groups in total. The molecule has 1 amide bonds. The monoisotopic (exact) mass is 442 g/mol. The summed E-state index contributed by atoms with van der Waals surface area (Å²) in [5, 5.41) is 9.87. The minimum atomic E-state index is -0.000640. The van der Waals surface area contributed by atoms with Crippen LogP contribution in [0.5, 0.6) is 5.75 Å². The van der Waals surface area contributed by atoms with Crippen LogP contribution in [-0.2, 0) is 13.1 Å². The number of aliphatic hydroxyl groups is 1. The summed E-state index contributed by atoms with van der Waals surface area (Å²) >= 11 is 1.49. The van der Waals surface area contributed by atoms with Gasteiger partial charge in [-0.25, -0.2) is 4.98 Å². The van der Waals surface area contributed by atoms with Crippen molar-refractivity contribution in [1.29, 1.82) is 0 Å². The van der Waals surface area contributed by atoms with E-state index in [1.54, 1.807) is 6.20 Å². The van der Waals surface area contributed by atoms with E-state index in [2.05, 4.69) is 26.9 Å². The Hall–Kier alpha value is -2.13. The molecule has 0 bridgehead atoms. The number of carbonyl (C=O) groups excluding carboxylic acids is 1. The van der Waals surface area contributed by atoms with Crippen LogP contribution in [0.15, 0.2) is 41.6 Å². The van der Waals surface area contributed by atoms with Crippen molar-refractivity contribution in [2.24, 2.45) is 0 Å². The zero-order chi connectivity index (χ0) is 21.6. The summed E-state index contributed by atoms with van der Waals surface area (Å²) in [5.74, 6) is 0.863. The molecule has 2 aliphatic heterocycles. The van der Waals surface area contributed by atoms with Gasteiger partial charge in [0.05, 0.1) is 18.7 Å². The van der Waals surface area contributed by atoms with Gasteiger partial charge in [0, 0.05) is 57.6 Å². The molecule has 0 saturated carbocycles. The number of hydrogen-bond acceptors (Lipinski definition) is 7. The molecule has 3 heterocycles. The maximum Gasteiger partial charge on any atom is 0.257 e. The molecule has 2 aromatic rings. The van der Waals surface area contributed by atoms with Gasteiger partial charge in [0.15, 0.2) is 0 Å². The van der Waals surface area contributed by atoms with Crippen molar-refractivity contribution >= 4 is 17.7 Å². The zero-order valence-corrected chi connectivity index (χ0v) is 18.8. The summed E-state index contributed by atoms with van der Waals surface area (Å²) in [6.45, 7) is 7.40. The number of piperazine rings is 1. The maximum atomic E-state index is 13.2. The second-order valence-electron chi connectivity index (χ2n) is 7.92. The molecule has 31 heavy (non-hydrogen) atoms. The van der Waals surface area contributed by atoms with Gasteiger partial charge < -0.3 is 14.7 Å². The minimum absolute atomic E-state index is 0.000640. The number of carbonyl (C=O) groups is 1. The molecular weight excluding hydrogens is 412 g/mol. The second-order valence-corrected chi connectivity index (χ2v) is 8.71. The SMILES string of the molecule is CSc1ncccc1C(=O)N1CCOc2ccc(CN3CCN(CCO)CC3)cc2C1. The molecule has 7 nitrogen and oxygen atoms in total. The predicted octanol–water partition coefficient (Wildman–Crippen LogP) is 1.95. The highest BCUT2D eigenvalue weighted by molar-refractivity contribution is 7.98. The average Bonchev–Trinajstić information content (AvgIpc) is 3.02. The van der Waals surface area contributed by atoms with Gasteiger partial charge in [-0.2, -0.15) is 0 Å². The molecule has 1 aromatic carbocycles. The van der Waals surface area contributed by atoms with Crippen molar-refractivity contribution in [3.63, 3.8) is 0 Å². The number of β-amino-alcohol motifs (C(OH)–C–C–N with tert-alkyl or cyclic N) is 1. The zero-order valence-electron chi connectivity index (χ0n) is 18.0.